The standard InChI is InChI=1S/C12H16N2O/c1-10(2)5-4-8-15-12-7-3-6-11(9-13)14-12/h3,6-7,10H,4-5,8H2,1-2H3. The Morgan fingerprint density at radius 3 is 2.93 bits per heavy atom. The van der Waals surface area contributed by atoms with E-state index >= 15 is 0 Å². The number of ether oxygens (including phenoxy) is 1. The van der Waals surface area contributed by atoms with E-state index in [9.17, 15) is 0 Å². The third-order valence-corrected chi connectivity index (χ3v) is 2.01. The van der Waals surface area contributed by atoms with Crippen molar-refractivity contribution in [1.82, 2.24) is 4.98 Å². The molecule has 0 saturated carbocycles. The van der Waals surface area contributed by atoms with Gasteiger partial charge in [-0.05, 0) is 24.8 Å². The molecule has 0 atom stereocenters. The van der Waals surface area contributed by atoms with Crippen LogP contribution in [0.4, 0.5) is 0 Å². The number of rotatable bonds is 5. The van der Waals surface area contributed by atoms with Crippen LogP contribution < -0.4 is 4.74 Å². The molecule has 1 heterocycles. The predicted octanol–water partition coefficient (Wildman–Crippen LogP) is 2.77. The molecule has 15 heavy (non-hydrogen) atoms. The quantitative estimate of drug-likeness (QED) is 0.693. The smallest absolute Gasteiger partial charge is 0.214 e. The minimum absolute atomic E-state index is 0.399. The summed E-state index contributed by atoms with van der Waals surface area (Å²) in [5, 5.41) is 8.64. The molecule has 1 aromatic rings. The zero-order valence-electron chi connectivity index (χ0n) is 9.23. The Bertz CT molecular complexity index is 342. The highest BCUT2D eigenvalue weighted by Crippen LogP contribution is 2.09. The minimum atomic E-state index is 0.399. The molecule has 0 bridgehead atoms. The van der Waals surface area contributed by atoms with Crippen LogP contribution in [0.15, 0.2) is 18.2 Å². The highest BCUT2D eigenvalue weighted by atomic mass is 16.5. The van der Waals surface area contributed by atoms with E-state index in [0.29, 0.717) is 24.1 Å². The van der Waals surface area contributed by atoms with Crippen LogP contribution in [0.25, 0.3) is 0 Å². The van der Waals surface area contributed by atoms with Crippen LogP contribution in [0, 0.1) is 17.2 Å². The summed E-state index contributed by atoms with van der Waals surface area (Å²) in [5.74, 6) is 1.24. The lowest BCUT2D eigenvalue weighted by atomic mass is 10.1. The predicted molar refractivity (Wildman–Crippen MR) is 58.5 cm³/mol. The van der Waals surface area contributed by atoms with Crippen molar-refractivity contribution < 1.29 is 4.74 Å². The molecule has 80 valence electrons. The van der Waals surface area contributed by atoms with Gasteiger partial charge in [0.1, 0.15) is 11.8 Å². The van der Waals surface area contributed by atoms with Gasteiger partial charge >= 0.3 is 0 Å². The number of nitriles is 1. The average Bonchev–Trinajstić information content (AvgIpc) is 2.24. The number of hydrogen-bond acceptors (Lipinski definition) is 3. The van der Waals surface area contributed by atoms with Crippen molar-refractivity contribution in [3.8, 4) is 11.9 Å². The van der Waals surface area contributed by atoms with Crippen LogP contribution in [0.3, 0.4) is 0 Å². The summed E-state index contributed by atoms with van der Waals surface area (Å²) >= 11 is 0. The number of nitrogens with zero attached hydrogens (tertiary/aromatic N) is 2. The van der Waals surface area contributed by atoms with Gasteiger partial charge < -0.3 is 4.74 Å². The highest BCUT2D eigenvalue weighted by Gasteiger charge is 1.98. The SMILES string of the molecule is CC(C)CCCOc1cccc(C#N)n1. The van der Waals surface area contributed by atoms with E-state index in [1.54, 1.807) is 18.2 Å². The Morgan fingerprint density at radius 2 is 2.27 bits per heavy atom. The summed E-state index contributed by atoms with van der Waals surface area (Å²) < 4.78 is 5.44. The lowest BCUT2D eigenvalue weighted by molar-refractivity contribution is 0.287. The van der Waals surface area contributed by atoms with Crippen molar-refractivity contribution in [3.05, 3.63) is 23.9 Å². The Kier molecular flexibility index (Phi) is 4.62. The van der Waals surface area contributed by atoms with Crippen molar-refractivity contribution in [2.75, 3.05) is 6.61 Å². The minimum Gasteiger partial charge on any atom is -0.478 e. The van der Waals surface area contributed by atoms with E-state index in [0.717, 1.165) is 12.8 Å². The molecule has 3 heteroatoms. The van der Waals surface area contributed by atoms with Crippen molar-refractivity contribution in [1.29, 1.82) is 5.26 Å². The number of hydrogen-bond donors (Lipinski definition) is 0. The third kappa shape index (κ3) is 4.46. The molecular weight excluding hydrogens is 188 g/mol. The van der Waals surface area contributed by atoms with E-state index in [4.69, 9.17) is 10.00 Å². The van der Waals surface area contributed by atoms with E-state index in [2.05, 4.69) is 18.8 Å². The maximum atomic E-state index is 8.64. The van der Waals surface area contributed by atoms with Gasteiger partial charge in [0.2, 0.25) is 5.88 Å². The Morgan fingerprint density at radius 1 is 1.47 bits per heavy atom. The molecule has 0 aromatic carbocycles. The first kappa shape index (κ1) is 11.5. The van der Waals surface area contributed by atoms with Gasteiger partial charge in [0.05, 0.1) is 6.61 Å². The fourth-order valence-corrected chi connectivity index (χ4v) is 1.23. The topological polar surface area (TPSA) is 45.9 Å². The normalized spacial score (nSPS) is 10.0. The van der Waals surface area contributed by atoms with Crippen LogP contribution in [0.5, 0.6) is 5.88 Å². The summed E-state index contributed by atoms with van der Waals surface area (Å²) in [7, 11) is 0. The molecule has 1 aromatic heterocycles. The molecule has 0 spiro atoms. The summed E-state index contributed by atoms with van der Waals surface area (Å²) in [6.07, 6.45) is 2.17. The van der Waals surface area contributed by atoms with Gasteiger partial charge in [-0.1, -0.05) is 19.9 Å². The zero-order chi connectivity index (χ0) is 11.1. The van der Waals surface area contributed by atoms with E-state index in [1.165, 1.54) is 0 Å². The van der Waals surface area contributed by atoms with Gasteiger partial charge in [-0.25, -0.2) is 4.98 Å². The van der Waals surface area contributed by atoms with Crippen LogP contribution in [0.1, 0.15) is 32.4 Å². The second-order valence-corrected chi connectivity index (χ2v) is 3.86. The Balaban J connectivity index is 2.35. The molecule has 0 aliphatic carbocycles. The van der Waals surface area contributed by atoms with Crippen molar-refractivity contribution >= 4 is 0 Å². The van der Waals surface area contributed by atoms with Crippen LogP contribution in [-0.4, -0.2) is 11.6 Å². The Labute approximate surface area is 90.7 Å². The zero-order valence-corrected chi connectivity index (χ0v) is 9.23. The van der Waals surface area contributed by atoms with E-state index < -0.39 is 0 Å². The van der Waals surface area contributed by atoms with Gasteiger partial charge in [0, 0.05) is 6.07 Å². The summed E-state index contributed by atoms with van der Waals surface area (Å²) in [6, 6.07) is 7.21. The van der Waals surface area contributed by atoms with Crippen molar-refractivity contribution in [2.45, 2.75) is 26.7 Å². The molecule has 0 aliphatic heterocycles. The molecule has 1 rings (SSSR count). The fraction of sp³-hybridized carbons (Fsp3) is 0.500. The van der Waals surface area contributed by atoms with Crippen molar-refractivity contribution in [2.24, 2.45) is 5.92 Å². The Hall–Kier alpha value is -1.56. The summed E-state index contributed by atoms with van der Waals surface area (Å²) in [4.78, 5) is 4.02. The fourth-order valence-electron chi connectivity index (χ4n) is 1.23. The third-order valence-electron chi connectivity index (χ3n) is 2.01. The van der Waals surface area contributed by atoms with Gasteiger partial charge in [0.15, 0.2) is 0 Å². The second-order valence-electron chi connectivity index (χ2n) is 3.86. The first-order chi connectivity index (χ1) is 7.22. The number of aromatic nitrogens is 1. The van der Waals surface area contributed by atoms with E-state index in [-0.39, 0.29) is 0 Å². The summed E-state index contributed by atoms with van der Waals surface area (Å²) in [5.41, 5.74) is 0.399. The maximum absolute atomic E-state index is 8.64. The van der Waals surface area contributed by atoms with Gasteiger partial charge in [-0.3, -0.25) is 0 Å². The molecule has 0 unspecified atom stereocenters. The molecular formula is C12H16N2O. The molecule has 0 aliphatic rings. The van der Waals surface area contributed by atoms with Gasteiger partial charge in [0.25, 0.3) is 0 Å². The molecule has 0 N–H and O–H groups in total. The number of pyridine rings is 1. The van der Waals surface area contributed by atoms with Gasteiger partial charge in [-0.2, -0.15) is 5.26 Å². The highest BCUT2D eigenvalue weighted by molar-refractivity contribution is 5.24. The monoisotopic (exact) mass is 204 g/mol. The maximum Gasteiger partial charge on any atom is 0.214 e. The van der Waals surface area contributed by atoms with Crippen LogP contribution in [0.2, 0.25) is 0 Å². The molecule has 0 saturated heterocycles. The average molecular weight is 204 g/mol. The van der Waals surface area contributed by atoms with Crippen molar-refractivity contribution in [3.63, 3.8) is 0 Å². The lowest BCUT2D eigenvalue weighted by Gasteiger charge is -2.06. The molecule has 0 fully saturated rings. The van der Waals surface area contributed by atoms with E-state index in [1.807, 2.05) is 6.07 Å². The van der Waals surface area contributed by atoms with Crippen LogP contribution >= 0.6 is 0 Å². The first-order valence-electron chi connectivity index (χ1n) is 5.22. The lowest BCUT2D eigenvalue weighted by Crippen LogP contribution is -2.01. The largest absolute Gasteiger partial charge is 0.478 e. The molecule has 0 amide bonds. The molecule has 3 nitrogen and oxygen atoms in total. The van der Waals surface area contributed by atoms with Gasteiger partial charge in [-0.15, -0.1) is 0 Å². The molecule has 0 radical (unpaired) electrons. The summed E-state index contributed by atoms with van der Waals surface area (Å²) in [6.45, 7) is 5.04. The first-order valence-corrected chi connectivity index (χ1v) is 5.22. The second kappa shape index (κ2) is 6.02. The van der Waals surface area contributed by atoms with Crippen LogP contribution in [-0.2, 0) is 0 Å².